The zero-order valence-corrected chi connectivity index (χ0v) is 19.0. The van der Waals surface area contributed by atoms with Gasteiger partial charge in [0.1, 0.15) is 5.75 Å². The summed E-state index contributed by atoms with van der Waals surface area (Å²) in [7, 11) is 1.56. The SMILES string of the molecule is COc1ccccc1NC(=O)c1ccc(NC(=O)C(C)Sc2ccc3c(c2)CCC3)cc1. The molecule has 2 N–H and O–H groups in total. The van der Waals surface area contributed by atoms with Crippen molar-refractivity contribution in [1.29, 1.82) is 0 Å². The molecular formula is C26H26N2O3S. The number of carbonyl (C=O) groups is 2. The van der Waals surface area contributed by atoms with Crippen LogP contribution in [0.15, 0.2) is 71.6 Å². The number of para-hydroxylation sites is 2. The van der Waals surface area contributed by atoms with Gasteiger partial charge in [0, 0.05) is 16.1 Å². The molecule has 32 heavy (non-hydrogen) atoms. The third-order valence-corrected chi connectivity index (χ3v) is 6.62. The Bertz CT molecular complexity index is 1130. The van der Waals surface area contributed by atoms with Crippen LogP contribution in [0.5, 0.6) is 5.75 Å². The Labute approximate surface area is 192 Å². The maximum Gasteiger partial charge on any atom is 0.255 e. The summed E-state index contributed by atoms with van der Waals surface area (Å²) < 4.78 is 5.27. The second-order valence-electron chi connectivity index (χ2n) is 7.77. The highest BCUT2D eigenvalue weighted by Gasteiger charge is 2.17. The van der Waals surface area contributed by atoms with Gasteiger partial charge in [-0.05, 0) is 85.8 Å². The molecule has 0 spiro atoms. The number of hydrogen-bond donors (Lipinski definition) is 2. The van der Waals surface area contributed by atoms with Crippen molar-refractivity contribution in [2.75, 3.05) is 17.7 Å². The van der Waals surface area contributed by atoms with E-state index in [0.717, 1.165) is 17.7 Å². The minimum absolute atomic E-state index is 0.0679. The smallest absolute Gasteiger partial charge is 0.255 e. The molecule has 3 aromatic rings. The van der Waals surface area contributed by atoms with Gasteiger partial charge in [0.2, 0.25) is 5.91 Å². The lowest BCUT2D eigenvalue weighted by molar-refractivity contribution is -0.115. The van der Waals surface area contributed by atoms with Gasteiger partial charge in [-0.15, -0.1) is 11.8 Å². The Morgan fingerprint density at radius 2 is 1.69 bits per heavy atom. The third kappa shape index (κ3) is 5.14. The molecule has 0 heterocycles. The number of rotatable bonds is 7. The fraction of sp³-hybridized carbons (Fsp3) is 0.231. The summed E-state index contributed by atoms with van der Waals surface area (Å²) in [4.78, 5) is 26.3. The molecule has 6 heteroatoms. The molecule has 0 saturated carbocycles. The number of hydrogen-bond acceptors (Lipinski definition) is 4. The topological polar surface area (TPSA) is 67.4 Å². The molecule has 0 bridgehead atoms. The predicted molar refractivity (Wildman–Crippen MR) is 130 cm³/mol. The molecule has 0 radical (unpaired) electrons. The van der Waals surface area contributed by atoms with Crippen LogP contribution in [0, 0.1) is 0 Å². The fourth-order valence-corrected chi connectivity index (χ4v) is 4.70. The van der Waals surface area contributed by atoms with Crippen molar-refractivity contribution in [2.24, 2.45) is 0 Å². The van der Waals surface area contributed by atoms with Crippen LogP contribution in [-0.4, -0.2) is 24.2 Å². The van der Waals surface area contributed by atoms with Gasteiger partial charge in [0.25, 0.3) is 5.91 Å². The van der Waals surface area contributed by atoms with Gasteiger partial charge < -0.3 is 15.4 Å². The first kappa shape index (κ1) is 22.0. The van der Waals surface area contributed by atoms with Crippen molar-refractivity contribution in [3.63, 3.8) is 0 Å². The number of amides is 2. The maximum atomic E-state index is 12.7. The van der Waals surface area contributed by atoms with E-state index in [1.807, 2.05) is 19.1 Å². The quantitative estimate of drug-likeness (QED) is 0.467. The van der Waals surface area contributed by atoms with E-state index in [0.29, 0.717) is 22.7 Å². The summed E-state index contributed by atoms with van der Waals surface area (Å²) in [5.41, 5.74) is 4.60. The van der Waals surface area contributed by atoms with Gasteiger partial charge in [0.05, 0.1) is 18.0 Å². The third-order valence-electron chi connectivity index (χ3n) is 5.52. The Kier molecular flexibility index (Phi) is 6.81. The van der Waals surface area contributed by atoms with E-state index < -0.39 is 0 Å². The van der Waals surface area contributed by atoms with Crippen LogP contribution < -0.4 is 15.4 Å². The standard InChI is InChI=1S/C26H26N2O3S/c1-17(32-22-15-12-18-6-5-7-20(18)16-22)25(29)27-21-13-10-19(11-14-21)26(30)28-23-8-3-4-9-24(23)31-2/h3-4,8-17H,5-7H2,1-2H3,(H,27,29)(H,28,30). The zero-order valence-electron chi connectivity index (χ0n) is 18.2. The fourth-order valence-electron chi connectivity index (χ4n) is 3.77. The van der Waals surface area contributed by atoms with Crippen LogP contribution >= 0.6 is 11.8 Å². The first-order chi connectivity index (χ1) is 15.5. The lowest BCUT2D eigenvalue weighted by Gasteiger charge is -2.13. The molecule has 0 aliphatic heterocycles. The minimum Gasteiger partial charge on any atom is -0.495 e. The molecule has 1 atom stereocenters. The van der Waals surface area contributed by atoms with Crippen molar-refractivity contribution in [3.8, 4) is 5.75 Å². The van der Waals surface area contributed by atoms with Crippen molar-refractivity contribution < 1.29 is 14.3 Å². The van der Waals surface area contributed by atoms with E-state index in [2.05, 4.69) is 28.8 Å². The molecule has 0 saturated heterocycles. The van der Waals surface area contributed by atoms with Crippen LogP contribution in [0.3, 0.4) is 0 Å². The second kappa shape index (κ2) is 9.92. The number of carbonyl (C=O) groups excluding carboxylic acids is 2. The molecule has 1 aliphatic rings. The zero-order chi connectivity index (χ0) is 22.5. The molecule has 0 aromatic heterocycles. The Hall–Kier alpha value is -3.25. The molecule has 2 amide bonds. The molecule has 4 rings (SSSR count). The van der Waals surface area contributed by atoms with Crippen molar-refractivity contribution >= 4 is 35.0 Å². The molecule has 1 unspecified atom stereocenters. The van der Waals surface area contributed by atoms with Crippen LogP contribution in [0.1, 0.15) is 34.8 Å². The van der Waals surface area contributed by atoms with E-state index in [-0.39, 0.29) is 17.1 Å². The molecule has 0 fully saturated rings. The van der Waals surface area contributed by atoms with Crippen LogP contribution in [0.25, 0.3) is 0 Å². The van der Waals surface area contributed by atoms with E-state index in [4.69, 9.17) is 4.74 Å². The number of thioether (sulfide) groups is 1. The maximum absolute atomic E-state index is 12.7. The number of benzene rings is 3. The van der Waals surface area contributed by atoms with Gasteiger partial charge >= 0.3 is 0 Å². The summed E-state index contributed by atoms with van der Waals surface area (Å²) in [5.74, 6) is 0.286. The van der Waals surface area contributed by atoms with Gasteiger partial charge in [-0.2, -0.15) is 0 Å². The monoisotopic (exact) mass is 446 g/mol. The molecule has 1 aliphatic carbocycles. The predicted octanol–water partition coefficient (Wildman–Crippen LogP) is 5.56. The summed E-state index contributed by atoms with van der Waals surface area (Å²) in [6.45, 7) is 1.91. The largest absolute Gasteiger partial charge is 0.495 e. The summed E-state index contributed by atoms with van der Waals surface area (Å²) in [6, 6.07) is 20.6. The molecular weight excluding hydrogens is 420 g/mol. The average molecular weight is 447 g/mol. The van der Waals surface area contributed by atoms with Gasteiger partial charge in [-0.25, -0.2) is 0 Å². The van der Waals surface area contributed by atoms with Crippen LogP contribution in [0.4, 0.5) is 11.4 Å². The van der Waals surface area contributed by atoms with Crippen LogP contribution in [-0.2, 0) is 17.6 Å². The summed E-state index contributed by atoms with van der Waals surface area (Å²) in [6.07, 6.45) is 3.50. The minimum atomic E-state index is -0.243. The number of aryl methyl sites for hydroxylation is 2. The Balaban J connectivity index is 1.34. The molecule has 3 aromatic carbocycles. The van der Waals surface area contributed by atoms with E-state index in [9.17, 15) is 9.59 Å². The van der Waals surface area contributed by atoms with E-state index in [1.54, 1.807) is 55.3 Å². The first-order valence-electron chi connectivity index (χ1n) is 10.7. The van der Waals surface area contributed by atoms with Crippen molar-refractivity contribution in [3.05, 3.63) is 83.4 Å². The lowest BCUT2D eigenvalue weighted by atomic mass is 10.1. The van der Waals surface area contributed by atoms with Gasteiger partial charge in [-0.1, -0.05) is 18.2 Å². The Morgan fingerprint density at radius 3 is 2.47 bits per heavy atom. The summed E-state index contributed by atoms with van der Waals surface area (Å²) in [5, 5.41) is 5.55. The van der Waals surface area contributed by atoms with E-state index >= 15 is 0 Å². The average Bonchev–Trinajstić information content (AvgIpc) is 3.27. The number of fused-ring (bicyclic) bond motifs is 1. The van der Waals surface area contributed by atoms with Crippen molar-refractivity contribution in [1.82, 2.24) is 0 Å². The Morgan fingerprint density at radius 1 is 0.938 bits per heavy atom. The van der Waals surface area contributed by atoms with Gasteiger partial charge in [-0.3, -0.25) is 9.59 Å². The first-order valence-corrected chi connectivity index (χ1v) is 11.5. The highest BCUT2D eigenvalue weighted by molar-refractivity contribution is 8.00. The van der Waals surface area contributed by atoms with Crippen LogP contribution in [0.2, 0.25) is 0 Å². The normalized spacial score (nSPS) is 13.2. The summed E-state index contributed by atoms with van der Waals surface area (Å²) >= 11 is 1.56. The highest BCUT2D eigenvalue weighted by atomic mass is 32.2. The highest BCUT2D eigenvalue weighted by Crippen LogP contribution is 2.30. The number of nitrogens with one attached hydrogen (secondary N) is 2. The van der Waals surface area contributed by atoms with Gasteiger partial charge in [0.15, 0.2) is 0 Å². The number of ether oxygens (including phenoxy) is 1. The number of anilines is 2. The second-order valence-corrected chi connectivity index (χ2v) is 9.18. The van der Waals surface area contributed by atoms with Crippen molar-refractivity contribution in [2.45, 2.75) is 36.3 Å². The van der Waals surface area contributed by atoms with E-state index in [1.165, 1.54) is 17.5 Å². The lowest BCUT2D eigenvalue weighted by Crippen LogP contribution is -2.22. The number of methoxy groups -OCH3 is 1. The molecule has 5 nitrogen and oxygen atoms in total. The molecule has 164 valence electrons.